The Bertz CT molecular complexity index is 1470. The van der Waals surface area contributed by atoms with Crippen LogP contribution in [-0.4, -0.2) is 61.8 Å². The van der Waals surface area contributed by atoms with Crippen molar-refractivity contribution in [2.24, 2.45) is 5.41 Å². The molecule has 2 saturated heterocycles. The molecule has 6 heterocycles. The fraction of sp³-hybridized carbons (Fsp3) is 0.567. The third-order valence-electron chi connectivity index (χ3n) is 9.59. The monoisotopic (exact) mass is 498 g/mol. The maximum absolute atomic E-state index is 5.54. The summed E-state index contributed by atoms with van der Waals surface area (Å²) in [5.41, 5.74) is 11.0. The highest BCUT2D eigenvalue weighted by Crippen LogP contribution is 2.43. The van der Waals surface area contributed by atoms with Crippen LogP contribution in [0.25, 0.3) is 27.9 Å². The lowest BCUT2D eigenvalue weighted by molar-refractivity contribution is -0.106. The van der Waals surface area contributed by atoms with Crippen molar-refractivity contribution in [2.45, 2.75) is 77.7 Å². The first-order valence-corrected chi connectivity index (χ1v) is 14.1. The molecule has 0 radical (unpaired) electrons. The van der Waals surface area contributed by atoms with Gasteiger partial charge < -0.3 is 9.72 Å². The summed E-state index contributed by atoms with van der Waals surface area (Å²) >= 11 is 0. The van der Waals surface area contributed by atoms with Crippen LogP contribution < -0.4 is 0 Å². The largest absolute Gasteiger partial charge is 0.380 e. The molecule has 1 spiro atoms. The second-order valence-electron chi connectivity index (χ2n) is 12.2. The third kappa shape index (κ3) is 3.73. The molecule has 4 aromatic heterocycles. The minimum absolute atomic E-state index is 0.353. The lowest BCUT2D eigenvalue weighted by atomic mass is 9.82. The van der Waals surface area contributed by atoms with Crippen molar-refractivity contribution in [1.29, 1.82) is 0 Å². The van der Waals surface area contributed by atoms with Gasteiger partial charge in [-0.25, -0.2) is 9.50 Å². The van der Waals surface area contributed by atoms with E-state index in [0.717, 1.165) is 35.9 Å². The second-order valence-corrected chi connectivity index (χ2v) is 12.2. The minimum Gasteiger partial charge on any atom is -0.380 e. The average molecular weight is 499 g/mol. The number of aromatic amines is 1. The van der Waals surface area contributed by atoms with E-state index in [2.05, 4.69) is 66.0 Å². The molecule has 194 valence electrons. The van der Waals surface area contributed by atoms with Gasteiger partial charge in [0.2, 0.25) is 0 Å². The number of rotatable bonds is 4. The van der Waals surface area contributed by atoms with E-state index in [-0.39, 0.29) is 0 Å². The van der Waals surface area contributed by atoms with Gasteiger partial charge in [-0.1, -0.05) is 13.8 Å². The van der Waals surface area contributed by atoms with Crippen LogP contribution in [0, 0.1) is 19.3 Å². The molecular weight excluding hydrogens is 460 g/mol. The molecule has 0 amide bonds. The summed E-state index contributed by atoms with van der Waals surface area (Å²) in [6.07, 6.45) is 10.1. The Morgan fingerprint density at radius 1 is 1.08 bits per heavy atom. The van der Waals surface area contributed by atoms with Crippen molar-refractivity contribution in [1.82, 2.24) is 29.5 Å². The summed E-state index contributed by atoms with van der Waals surface area (Å²) in [6.45, 7) is 13.3. The lowest BCUT2D eigenvalue weighted by Gasteiger charge is -2.40. The van der Waals surface area contributed by atoms with Gasteiger partial charge in [-0.05, 0) is 81.7 Å². The van der Waals surface area contributed by atoms with E-state index in [1.54, 1.807) is 6.33 Å². The summed E-state index contributed by atoms with van der Waals surface area (Å²) in [7, 11) is 0. The smallest absolute Gasteiger partial charge is 0.158 e. The molecule has 3 aliphatic rings. The number of pyridine rings is 2. The number of likely N-dealkylation sites (tertiary alicyclic amines) is 1. The normalized spacial score (nSPS) is 24.0. The molecule has 4 aromatic rings. The highest BCUT2D eigenvalue weighted by molar-refractivity contribution is 5.89. The number of hydrogen-bond acceptors (Lipinski definition) is 5. The van der Waals surface area contributed by atoms with Gasteiger partial charge in [-0.15, -0.1) is 0 Å². The van der Waals surface area contributed by atoms with Crippen molar-refractivity contribution in [3.05, 3.63) is 47.0 Å². The van der Waals surface area contributed by atoms with Crippen molar-refractivity contribution >= 4 is 16.7 Å². The maximum Gasteiger partial charge on any atom is 0.158 e. The number of ether oxygens (including phenoxy) is 1. The molecule has 7 rings (SSSR count). The molecule has 2 aliphatic heterocycles. The number of nitrogens with zero attached hydrogens (tertiary/aromatic N) is 5. The molecule has 0 atom stereocenters. The van der Waals surface area contributed by atoms with Crippen molar-refractivity contribution in [3.63, 3.8) is 0 Å². The van der Waals surface area contributed by atoms with Crippen LogP contribution in [0.4, 0.5) is 0 Å². The Morgan fingerprint density at radius 3 is 2.59 bits per heavy atom. The number of nitrogens with one attached hydrogen (secondary N) is 1. The summed E-state index contributed by atoms with van der Waals surface area (Å²) in [4.78, 5) is 16.3. The van der Waals surface area contributed by atoms with Crippen LogP contribution in [0.2, 0.25) is 0 Å². The highest BCUT2D eigenvalue weighted by atomic mass is 16.5. The summed E-state index contributed by atoms with van der Waals surface area (Å²) < 4.78 is 7.44. The lowest BCUT2D eigenvalue weighted by Crippen LogP contribution is -2.46. The fourth-order valence-corrected chi connectivity index (χ4v) is 7.20. The van der Waals surface area contributed by atoms with Gasteiger partial charge in [-0.3, -0.25) is 9.88 Å². The maximum atomic E-state index is 5.54. The predicted molar refractivity (Wildman–Crippen MR) is 146 cm³/mol. The van der Waals surface area contributed by atoms with E-state index in [9.17, 15) is 0 Å². The van der Waals surface area contributed by atoms with Crippen LogP contribution >= 0.6 is 0 Å². The molecule has 1 N–H and O–H groups in total. The fourth-order valence-electron chi connectivity index (χ4n) is 7.20. The quantitative estimate of drug-likeness (QED) is 0.387. The first-order chi connectivity index (χ1) is 17.9. The minimum atomic E-state index is 0.353. The van der Waals surface area contributed by atoms with Crippen molar-refractivity contribution in [2.75, 3.05) is 26.3 Å². The Kier molecular flexibility index (Phi) is 5.45. The summed E-state index contributed by atoms with van der Waals surface area (Å²) in [5.74, 6) is 0.907. The number of aromatic nitrogens is 5. The van der Waals surface area contributed by atoms with Gasteiger partial charge in [0.25, 0.3) is 0 Å². The van der Waals surface area contributed by atoms with Gasteiger partial charge >= 0.3 is 0 Å². The molecule has 7 heteroatoms. The third-order valence-corrected chi connectivity index (χ3v) is 9.59. The molecule has 0 bridgehead atoms. The van der Waals surface area contributed by atoms with Crippen LogP contribution in [0.5, 0.6) is 0 Å². The summed E-state index contributed by atoms with van der Waals surface area (Å²) in [6, 6.07) is 5.27. The number of hydrogen-bond donors (Lipinski definition) is 1. The van der Waals surface area contributed by atoms with Crippen LogP contribution in [0.3, 0.4) is 0 Å². The molecule has 7 nitrogen and oxygen atoms in total. The van der Waals surface area contributed by atoms with E-state index in [4.69, 9.17) is 9.72 Å². The number of aryl methyl sites for hydroxylation is 1. The summed E-state index contributed by atoms with van der Waals surface area (Å²) in [5, 5.41) is 4.43. The van der Waals surface area contributed by atoms with Crippen LogP contribution in [-0.2, 0) is 4.74 Å². The van der Waals surface area contributed by atoms with Crippen LogP contribution in [0.1, 0.15) is 80.2 Å². The second kappa shape index (κ2) is 8.63. The Balaban J connectivity index is 1.18. The van der Waals surface area contributed by atoms with Crippen molar-refractivity contribution < 1.29 is 4.74 Å². The number of H-pyrrole nitrogens is 1. The average Bonchev–Trinajstić information content (AvgIpc) is 3.62. The zero-order valence-electron chi connectivity index (χ0n) is 22.5. The Labute approximate surface area is 218 Å². The van der Waals surface area contributed by atoms with Gasteiger partial charge in [0.05, 0.1) is 29.9 Å². The molecule has 37 heavy (non-hydrogen) atoms. The standard InChI is InChI=1S/C30H38N6O/c1-18(2)26-27(23-13-36-29(31-17-32-36)20(4)19(23)3)34-25-10-9-24(33-28(25)26)21-5-7-22(8-6-21)35-12-11-30(14-35)15-37-16-30/h9-10,13,17-18,21-22,34H,5-8,11-12,14-16H2,1-4H3. The molecular formula is C30H38N6O. The first kappa shape index (κ1) is 23.4. The van der Waals surface area contributed by atoms with Gasteiger partial charge in [0.15, 0.2) is 5.65 Å². The Morgan fingerprint density at radius 2 is 1.89 bits per heavy atom. The van der Waals surface area contributed by atoms with E-state index >= 15 is 0 Å². The first-order valence-electron chi connectivity index (χ1n) is 14.1. The zero-order chi connectivity index (χ0) is 25.3. The SMILES string of the molecule is Cc1c(-c2[nH]c3ccc(C4CCC(N5CCC6(COC6)C5)CC4)nc3c2C(C)C)cn2ncnc2c1C. The van der Waals surface area contributed by atoms with E-state index in [0.29, 0.717) is 17.3 Å². The molecule has 3 fully saturated rings. The Hall–Kier alpha value is -2.77. The molecule has 1 saturated carbocycles. The van der Waals surface area contributed by atoms with Crippen molar-refractivity contribution in [3.8, 4) is 11.3 Å². The molecule has 0 unspecified atom stereocenters. The van der Waals surface area contributed by atoms with E-state index in [1.165, 1.54) is 78.8 Å². The van der Waals surface area contributed by atoms with Gasteiger partial charge in [0.1, 0.15) is 6.33 Å². The topological polar surface area (TPSA) is 71.3 Å². The molecule has 0 aromatic carbocycles. The van der Waals surface area contributed by atoms with E-state index < -0.39 is 0 Å². The molecule has 1 aliphatic carbocycles. The van der Waals surface area contributed by atoms with Gasteiger partial charge in [0, 0.05) is 46.9 Å². The van der Waals surface area contributed by atoms with Crippen LogP contribution in [0.15, 0.2) is 24.7 Å². The predicted octanol–water partition coefficient (Wildman–Crippen LogP) is 5.76. The highest BCUT2D eigenvalue weighted by Gasteiger charge is 2.46. The zero-order valence-corrected chi connectivity index (χ0v) is 22.5. The van der Waals surface area contributed by atoms with Gasteiger partial charge in [-0.2, -0.15) is 5.10 Å². The number of fused-ring (bicyclic) bond motifs is 2. The van der Waals surface area contributed by atoms with E-state index in [1.807, 2.05) is 4.52 Å².